The number of ether oxygens (including phenoxy) is 1. The standard InChI is InChI=1S/C12H17N3O5S/c1-8-7-20-9(2)6-14(8)21(18,19)11-5-3-4-10(13)12(11)15(16)17/h3-5,8-9H,6-7,13H2,1-2H3. The number of nitrogen functional groups attached to an aromatic ring is 1. The number of rotatable bonds is 3. The van der Waals surface area contributed by atoms with Gasteiger partial charge in [-0.25, -0.2) is 8.42 Å². The molecular formula is C12H17N3O5S. The second-order valence-electron chi connectivity index (χ2n) is 5.02. The summed E-state index contributed by atoms with van der Waals surface area (Å²) in [7, 11) is -4.01. The molecule has 2 atom stereocenters. The van der Waals surface area contributed by atoms with Gasteiger partial charge in [0.15, 0.2) is 4.90 Å². The number of hydrogen-bond donors (Lipinski definition) is 1. The van der Waals surface area contributed by atoms with Crippen LogP contribution in [0.2, 0.25) is 0 Å². The first kappa shape index (κ1) is 15.7. The lowest BCUT2D eigenvalue weighted by Crippen LogP contribution is -2.50. The van der Waals surface area contributed by atoms with Gasteiger partial charge in [-0.2, -0.15) is 4.31 Å². The van der Waals surface area contributed by atoms with E-state index >= 15 is 0 Å². The van der Waals surface area contributed by atoms with E-state index in [1.54, 1.807) is 13.8 Å². The van der Waals surface area contributed by atoms with Crippen LogP contribution in [0.1, 0.15) is 13.8 Å². The van der Waals surface area contributed by atoms with Crippen LogP contribution in [0.3, 0.4) is 0 Å². The molecule has 1 aromatic carbocycles. The minimum Gasteiger partial charge on any atom is -0.393 e. The Balaban J connectivity index is 2.54. The normalized spacial score (nSPS) is 23.9. The fourth-order valence-corrected chi connectivity index (χ4v) is 4.16. The van der Waals surface area contributed by atoms with Crippen molar-refractivity contribution in [1.82, 2.24) is 4.31 Å². The number of para-hydroxylation sites is 1. The van der Waals surface area contributed by atoms with Gasteiger partial charge in [0.25, 0.3) is 0 Å². The number of benzene rings is 1. The summed E-state index contributed by atoms with van der Waals surface area (Å²) in [5.74, 6) is 0. The van der Waals surface area contributed by atoms with E-state index in [1.165, 1.54) is 22.5 Å². The highest BCUT2D eigenvalue weighted by molar-refractivity contribution is 7.89. The molecule has 1 aliphatic heterocycles. The van der Waals surface area contributed by atoms with Crippen LogP contribution in [0.25, 0.3) is 0 Å². The van der Waals surface area contributed by atoms with Crippen LogP contribution >= 0.6 is 0 Å². The summed E-state index contributed by atoms with van der Waals surface area (Å²) in [6, 6.07) is 3.51. The van der Waals surface area contributed by atoms with Crippen LogP contribution in [0.5, 0.6) is 0 Å². The van der Waals surface area contributed by atoms with E-state index in [9.17, 15) is 18.5 Å². The number of sulfonamides is 1. The van der Waals surface area contributed by atoms with Crippen molar-refractivity contribution in [3.63, 3.8) is 0 Å². The van der Waals surface area contributed by atoms with Crippen molar-refractivity contribution in [2.45, 2.75) is 30.9 Å². The molecule has 0 spiro atoms. The lowest BCUT2D eigenvalue weighted by atomic mass is 10.2. The summed E-state index contributed by atoms with van der Waals surface area (Å²) < 4.78 is 32.1. The summed E-state index contributed by atoms with van der Waals surface area (Å²) in [4.78, 5) is 9.99. The van der Waals surface area contributed by atoms with Gasteiger partial charge < -0.3 is 10.5 Å². The fraction of sp³-hybridized carbons (Fsp3) is 0.500. The molecular weight excluding hydrogens is 298 g/mol. The van der Waals surface area contributed by atoms with Gasteiger partial charge in [0.05, 0.1) is 17.6 Å². The molecule has 8 nitrogen and oxygen atoms in total. The molecule has 2 N–H and O–H groups in total. The van der Waals surface area contributed by atoms with Gasteiger partial charge in [-0.1, -0.05) is 6.07 Å². The van der Waals surface area contributed by atoms with Crippen molar-refractivity contribution < 1.29 is 18.1 Å². The highest BCUT2D eigenvalue weighted by atomic mass is 32.2. The number of nitrogens with zero attached hydrogens (tertiary/aromatic N) is 2. The summed E-state index contributed by atoms with van der Waals surface area (Å²) in [5, 5.41) is 11.1. The monoisotopic (exact) mass is 315 g/mol. The van der Waals surface area contributed by atoms with Crippen molar-refractivity contribution in [3.8, 4) is 0 Å². The summed E-state index contributed by atoms with van der Waals surface area (Å²) in [5.41, 5.74) is 4.81. The molecule has 9 heteroatoms. The third-order valence-corrected chi connectivity index (χ3v) is 5.36. The van der Waals surface area contributed by atoms with Crippen LogP contribution in [0.15, 0.2) is 23.1 Å². The molecule has 0 radical (unpaired) electrons. The van der Waals surface area contributed by atoms with E-state index in [1.807, 2.05) is 0 Å². The maximum Gasteiger partial charge on any atom is 0.312 e. The van der Waals surface area contributed by atoms with E-state index in [2.05, 4.69) is 0 Å². The Kier molecular flexibility index (Phi) is 4.17. The predicted molar refractivity (Wildman–Crippen MR) is 76.3 cm³/mol. The number of anilines is 1. The van der Waals surface area contributed by atoms with Crippen molar-refractivity contribution in [1.29, 1.82) is 0 Å². The van der Waals surface area contributed by atoms with Crippen molar-refractivity contribution in [3.05, 3.63) is 28.3 Å². The molecule has 1 fully saturated rings. The molecule has 21 heavy (non-hydrogen) atoms. The average Bonchev–Trinajstić information content (AvgIpc) is 2.40. The smallest absolute Gasteiger partial charge is 0.312 e. The second kappa shape index (κ2) is 5.58. The molecule has 0 amide bonds. The molecule has 2 rings (SSSR count). The highest BCUT2D eigenvalue weighted by Crippen LogP contribution is 2.33. The zero-order chi connectivity index (χ0) is 15.8. The molecule has 0 bridgehead atoms. The second-order valence-corrected chi connectivity index (χ2v) is 6.88. The molecule has 116 valence electrons. The van der Waals surface area contributed by atoms with Gasteiger partial charge >= 0.3 is 5.69 Å². The van der Waals surface area contributed by atoms with E-state index < -0.39 is 26.7 Å². The maximum absolute atomic E-state index is 12.7. The number of nitro groups is 1. The molecule has 0 aliphatic carbocycles. The van der Waals surface area contributed by atoms with E-state index in [0.29, 0.717) is 0 Å². The lowest BCUT2D eigenvalue weighted by Gasteiger charge is -2.35. The molecule has 1 aliphatic rings. The fourth-order valence-electron chi connectivity index (χ4n) is 2.28. The van der Waals surface area contributed by atoms with Crippen LogP contribution in [0, 0.1) is 10.1 Å². The van der Waals surface area contributed by atoms with Crippen molar-refractivity contribution in [2.24, 2.45) is 0 Å². The minimum absolute atomic E-state index is 0.148. The first-order valence-electron chi connectivity index (χ1n) is 6.41. The van der Waals surface area contributed by atoms with E-state index in [-0.39, 0.29) is 29.8 Å². The summed E-state index contributed by atoms with van der Waals surface area (Å²) >= 11 is 0. The van der Waals surface area contributed by atoms with Gasteiger partial charge in [0.2, 0.25) is 10.0 Å². The topological polar surface area (TPSA) is 116 Å². The average molecular weight is 315 g/mol. The van der Waals surface area contributed by atoms with Crippen LogP contribution in [0.4, 0.5) is 11.4 Å². The van der Waals surface area contributed by atoms with Gasteiger partial charge in [-0.3, -0.25) is 10.1 Å². The number of nitro benzene ring substituents is 1. The maximum atomic E-state index is 12.7. The Hall–Kier alpha value is -1.71. The molecule has 2 unspecified atom stereocenters. The quantitative estimate of drug-likeness (QED) is 0.505. The minimum atomic E-state index is -4.01. The summed E-state index contributed by atoms with van der Waals surface area (Å²) in [6.07, 6.45) is -0.268. The van der Waals surface area contributed by atoms with Gasteiger partial charge in [-0.05, 0) is 26.0 Å². The zero-order valence-electron chi connectivity index (χ0n) is 11.7. The largest absolute Gasteiger partial charge is 0.393 e. The Bertz CT molecular complexity index is 661. The third-order valence-electron chi connectivity index (χ3n) is 3.35. The van der Waals surface area contributed by atoms with E-state index in [4.69, 9.17) is 10.5 Å². The third kappa shape index (κ3) is 2.85. The molecule has 1 aromatic rings. The first-order valence-corrected chi connectivity index (χ1v) is 7.85. The number of morpholine rings is 1. The predicted octanol–water partition coefficient (Wildman–Crippen LogP) is 0.975. The van der Waals surface area contributed by atoms with Crippen LogP contribution < -0.4 is 5.73 Å². The van der Waals surface area contributed by atoms with Crippen molar-refractivity contribution in [2.75, 3.05) is 18.9 Å². The lowest BCUT2D eigenvalue weighted by molar-refractivity contribution is -0.386. The Labute approximate surface area is 122 Å². The molecule has 1 heterocycles. The Morgan fingerprint density at radius 3 is 2.71 bits per heavy atom. The van der Waals surface area contributed by atoms with Gasteiger partial charge in [0.1, 0.15) is 5.69 Å². The molecule has 0 aromatic heterocycles. The summed E-state index contributed by atoms with van der Waals surface area (Å²) in [6.45, 7) is 3.84. The van der Waals surface area contributed by atoms with Crippen molar-refractivity contribution >= 4 is 21.4 Å². The van der Waals surface area contributed by atoms with Gasteiger partial charge in [0, 0.05) is 12.6 Å². The molecule has 1 saturated heterocycles. The first-order chi connectivity index (χ1) is 9.75. The molecule has 0 saturated carbocycles. The zero-order valence-corrected chi connectivity index (χ0v) is 12.5. The van der Waals surface area contributed by atoms with Crippen LogP contribution in [-0.4, -0.2) is 42.9 Å². The highest BCUT2D eigenvalue weighted by Gasteiger charge is 2.38. The Morgan fingerprint density at radius 1 is 1.43 bits per heavy atom. The Morgan fingerprint density at radius 2 is 2.10 bits per heavy atom. The number of hydrogen-bond acceptors (Lipinski definition) is 6. The van der Waals surface area contributed by atoms with E-state index in [0.717, 1.165) is 0 Å². The van der Waals surface area contributed by atoms with Crippen LogP contribution in [-0.2, 0) is 14.8 Å². The number of nitrogens with two attached hydrogens (primary N) is 1. The SMILES string of the molecule is CC1CN(S(=O)(=O)c2cccc(N)c2[N+](=O)[O-])C(C)CO1. The van der Waals surface area contributed by atoms with Gasteiger partial charge in [-0.15, -0.1) is 0 Å².